The first-order valence-electron chi connectivity index (χ1n) is 8.37. The van der Waals surface area contributed by atoms with Crippen molar-refractivity contribution in [3.8, 4) is 11.1 Å². The molecule has 0 bridgehead atoms. The van der Waals surface area contributed by atoms with Gasteiger partial charge in [-0.15, -0.1) is 16.4 Å². The summed E-state index contributed by atoms with van der Waals surface area (Å²) in [6, 6.07) is 7.03. The first-order valence-corrected chi connectivity index (χ1v) is 10.6. The summed E-state index contributed by atoms with van der Waals surface area (Å²) in [6.07, 6.45) is 1.04. The highest BCUT2D eigenvalue weighted by atomic mass is 35.5. The number of amides is 1. The van der Waals surface area contributed by atoms with E-state index < -0.39 is 11.5 Å². The summed E-state index contributed by atoms with van der Waals surface area (Å²) < 4.78 is 5.16. The number of hydrogen-bond acceptors (Lipinski definition) is 8. The average molecular weight is 451 g/mol. The highest BCUT2D eigenvalue weighted by Gasteiger charge is 2.23. The summed E-state index contributed by atoms with van der Waals surface area (Å²) in [6.45, 7) is 1.92. The Kier molecular flexibility index (Phi) is 7.02. The predicted octanol–water partition coefficient (Wildman–Crippen LogP) is 3.45. The lowest BCUT2D eigenvalue weighted by Gasteiger charge is -2.09. The Morgan fingerprint density at radius 3 is 2.76 bits per heavy atom. The van der Waals surface area contributed by atoms with Crippen molar-refractivity contribution in [1.29, 1.82) is 0 Å². The van der Waals surface area contributed by atoms with Crippen LogP contribution in [0.4, 0.5) is 5.00 Å². The van der Waals surface area contributed by atoms with Crippen molar-refractivity contribution in [3.05, 3.63) is 56.8 Å². The first kappa shape index (κ1) is 21.0. The fourth-order valence-electron chi connectivity index (χ4n) is 2.36. The lowest BCUT2D eigenvalue weighted by molar-refractivity contribution is -0.113. The molecular formula is C18H15ClN4O4S2. The standard InChI is InChI=1S/C18H15ClN4O4S2/c1-2-27-17(26)15-12(10-3-5-11(19)6-4-10)8-28-16(15)21-14(25)9-29-18-22-13(24)7-20-23-18/h3-8H,2,9H2,1H3,(H,21,25)(H,22,23,24). The van der Waals surface area contributed by atoms with Crippen LogP contribution >= 0.6 is 34.7 Å². The maximum Gasteiger partial charge on any atom is 0.341 e. The zero-order chi connectivity index (χ0) is 20.8. The molecule has 0 spiro atoms. The van der Waals surface area contributed by atoms with Crippen LogP contribution in [0.1, 0.15) is 17.3 Å². The van der Waals surface area contributed by atoms with Crippen molar-refractivity contribution >= 4 is 51.6 Å². The van der Waals surface area contributed by atoms with Gasteiger partial charge in [-0.2, -0.15) is 5.10 Å². The fourth-order valence-corrected chi connectivity index (χ4v) is 4.07. The normalized spacial score (nSPS) is 10.6. The Morgan fingerprint density at radius 2 is 2.07 bits per heavy atom. The number of hydrogen-bond donors (Lipinski definition) is 2. The van der Waals surface area contributed by atoms with Gasteiger partial charge in [0.1, 0.15) is 16.8 Å². The second-order valence-corrected chi connectivity index (χ2v) is 7.84. The lowest BCUT2D eigenvalue weighted by atomic mass is 10.0. The number of ether oxygens (including phenoxy) is 1. The van der Waals surface area contributed by atoms with Gasteiger partial charge in [0.25, 0.3) is 5.56 Å². The maximum absolute atomic E-state index is 12.5. The van der Waals surface area contributed by atoms with Crippen molar-refractivity contribution in [2.45, 2.75) is 12.1 Å². The molecule has 150 valence electrons. The number of halogens is 1. The third kappa shape index (κ3) is 5.43. The number of H-pyrrole nitrogens is 1. The summed E-state index contributed by atoms with van der Waals surface area (Å²) in [5.41, 5.74) is 1.30. The molecule has 8 nitrogen and oxygen atoms in total. The van der Waals surface area contributed by atoms with E-state index in [4.69, 9.17) is 16.3 Å². The molecule has 2 heterocycles. The number of rotatable bonds is 7. The third-order valence-corrected chi connectivity index (χ3v) is 5.58. The van der Waals surface area contributed by atoms with E-state index in [-0.39, 0.29) is 29.0 Å². The number of carbonyl (C=O) groups excluding carboxylic acids is 2. The van der Waals surface area contributed by atoms with Gasteiger partial charge in [-0.1, -0.05) is 35.5 Å². The Balaban J connectivity index is 1.80. The Hall–Kier alpha value is -2.69. The highest BCUT2D eigenvalue weighted by Crippen LogP contribution is 2.36. The van der Waals surface area contributed by atoms with Gasteiger partial charge in [0.15, 0.2) is 5.16 Å². The van der Waals surface area contributed by atoms with Gasteiger partial charge in [-0.25, -0.2) is 4.79 Å². The van der Waals surface area contributed by atoms with E-state index in [1.54, 1.807) is 36.6 Å². The van der Waals surface area contributed by atoms with Crippen LogP contribution in [-0.2, 0) is 9.53 Å². The van der Waals surface area contributed by atoms with Crippen molar-refractivity contribution in [2.75, 3.05) is 17.7 Å². The smallest absolute Gasteiger partial charge is 0.341 e. The largest absolute Gasteiger partial charge is 0.462 e. The summed E-state index contributed by atoms with van der Waals surface area (Å²) in [4.78, 5) is 38.6. The van der Waals surface area contributed by atoms with Crippen LogP contribution in [0.15, 0.2) is 45.8 Å². The van der Waals surface area contributed by atoms with Crippen LogP contribution in [0, 0.1) is 0 Å². The number of carbonyl (C=O) groups is 2. The van der Waals surface area contributed by atoms with Crippen molar-refractivity contribution in [2.24, 2.45) is 0 Å². The second kappa shape index (κ2) is 9.68. The molecule has 0 radical (unpaired) electrons. The van der Waals surface area contributed by atoms with E-state index in [0.29, 0.717) is 15.6 Å². The summed E-state index contributed by atoms with van der Waals surface area (Å²) in [5.74, 6) is -0.915. The number of nitrogens with zero attached hydrogens (tertiary/aromatic N) is 2. The van der Waals surface area contributed by atoms with Crippen LogP contribution in [0.2, 0.25) is 5.02 Å². The minimum absolute atomic E-state index is 0.0227. The zero-order valence-electron chi connectivity index (χ0n) is 15.1. The Labute approximate surface area is 178 Å². The highest BCUT2D eigenvalue weighted by molar-refractivity contribution is 7.99. The van der Waals surface area contributed by atoms with Crippen LogP contribution in [0.5, 0.6) is 0 Å². The number of aromatic amines is 1. The Morgan fingerprint density at radius 1 is 1.31 bits per heavy atom. The predicted molar refractivity (Wildman–Crippen MR) is 113 cm³/mol. The van der Waals surface area contributed by atoms with Crippen LogP contribution in [0.3, 0.4) is 0 Å². The molecule has 0 unspecified atom stereocenters. The molecule has 0 saturated heterocycles. The van der Waals surface area contributed by atoms with E-state index >= 15 is 0 Å². The summed E-state index contributed by atoms with van der Waals surface area (Å²) in [7, 11) is 0. The van der Waals surface area contributed by atoms with E-state index in [1.807, 2.05) is 0 Å². The van der Waals surface area contributed by atoms with E-state index in [0.717, 1.165) is 23.5 Å². The third-order valence-electron chi connectivity index (χ3n) is 3.57. The average Bonchev–Trinajstić information content (AvgIpc) is 3.11. The number of benzene rings is 1. The van der Waals surface area contributed by atoms with E-state index in [9.17, 15) is 14.4 Å². The molecule has 11 heteroatoms. The second-order valence-electron chi connectivity index (χ2n) is 5.56. The number of anilines is 1. The summed E-state index contributed by atoms with van der Waals surface area (Å²) >= 11 is 8.19. The molecule has 1 aromatic carbocycles. The molecule has 2 N–H and O–H groups in total. The van der Waals surface area contributed by atoms with Gasteiger partial charge in [-0.3, -0.25) is 14.6 Å². The zero-order valence-corrected chi connectivity index (χ0v) is 17.5. The van der Waals surface area contributed by atoms with Gasteiger partial charge in [0, 0.05) is 16.0 Å². The molecule has 2 aromatic heterocycles. The molecular weight excluding hydrogens is 436 g/mol. The molecule has 0 saturated carbocycles. The van der Waals surface area contributed by atoms with Crippen molar-refractivity contribution in [3.63, 3.8) is 0 Å². The minimum atomic E-state index is -0.528. The number of thiophene rings is 1. The monoisotopic (exact) mass is 450 g/mol. The number of aromatic nitrogens is 3. The number of esters is 1. The SMILES string of the molecule is CCOC(=O)c1c(-c2ccc(Cl)cc2)csc1NC(=O)CSc1nncc(=O)[nH]1. The molecule has 0 aliphatic heterocycles. The first-order chi connectivity index (χ1) is 14.0. The Bertz CT molecular complexity index is 1080. The molecule has 0 aliphatic carbocycles. The van der Waals surface area contributed by atoms with E-state index in [1.165, 1.54) is 11.3 Å². The molecule has 0 fully saturated rings. The van der Waals surface area contributed by atoms with Crippen LogP contribution in [-0.4, -0.2) is 39.4 Å². The van der Waals surface area contributed by atoms with Gasteiger partial charge in [-0.05, 0) is 24.6 Å². The van der Waals surface area contributed by atoms with Gasteiger partial charge >= 0.3 is 5.97 Å². The van der Waals surface area contributed by atoms with Gasteiger partial charge in [0.2, 0.25) is 5.91 Å². The minimum Gasteiger partial charge on any atom is -0.462 e. The van der Waals surface area contributed by atoms with Crippen molar-refractivity contribution in [1.82, 2.24) is 15.2 Å². The van der Waals surface area contributed by atoms with Crippen LogP contribution < -0.4 is 10.9 Å². The quantitative estimate of drug-likeness (QED) is 0.418. The van der Waals surface area contributed by atoms with Gasteiger partial charge in [0.05, 0.1) is 12.4 Å². The number of nitrogens with one attached hydrogen (secondary N) is 2. The molecule has 0 aliphatic rings. The number of thioether (sulfide) groups is 1. The molecule has 3 rings (SSSR count). The lowest BCUT2D eigenvalue weighted by Crippen LogP contribution is -2.17. The topological polar surface area (TPSA) is 114 Å². The fraction of sp³-hybridized carbons (Fsp3) is 0.167. The maximum atomic E-state index is 12.5. The van der Waals surface area contributed by atoms with E-state index in [2.05, 4.69) is 20.5 Å². The molecule has 29 heavy (non-hydrogen) atoms. The van der Waals surface area contributed by atoms with Crippen LogP contribution in [0.25, 0.3) is 11.1 Å². The molecule has 1 amide bonds. The summed E-state index contributed by atoms with van der Waals surface area (Å²) in [5, 5.41) is 13.0. The molecule has 3 aromatic rings. The van der Waals surface area contributed by atoms with Crippen molar-refractivity contribution < 1.29 is 14.3 Å². The molecule has 0 atom stereocenters. The van der Waals surface area contributed by atoms with Gasteiger partial charge < -0.3 is 10.1 Å².